The van der Waals surface area contributed by atoms with E-state index in [1.807, 2.05) is 32.0 Å². The molecule has 2 bridgehead atoms. The van der Waals surface area contributed by atoms with Crippen molar-refractivity contribution in [1.82, 2.24) is 25.2 Å². The molecule has 4 aliphatic heterocycles. The van der Waals surface area contributed by atoms with Gasteiger partial charge >= 0.3 is 12.0 Å². The number of hydrogen-bond donors (Lipinski definition) is 3. The van der Waals surface area contributed by atoms with Crippen LogP contribution in [0, 0.1) is 5.82 Å². The van der Waals surface area contributed by atoms with Crippen LogP contribution in [0.5, 0.6) is 6.01 Å². The van der Waals surface area contributed by atoms with Crippen molar-refractivity contribution in [3.63, 3.8) is 0 Å². The number of aromatic nitrogens is 3. The summed E-state index contributed by atoms with van der Waals surface area (Å²) in [6.45, 7) is 11.0. The maximum absolute atomic E-state index is 16.6. The van der Waals surface area contributed by atoms with Crippen LogP contribution in [-0.4, -0.2) is 79.8 Å². The lowest BCUT2D eigenvalue weighted by Crippen LogP contribution is -2.62. The molecule has 7 rings (SSSR count). The van der Waals surface area contributed by atoms with E-state index in [1.54, 1.807) is 6.20 Å². The van der Waals surface area contributed by atoms with Crippen molar-refractivity contribution in [1.29, 1.82) is 0 Å². The van der Waals surface area contributed by atoms with E-state index in [0.717, 1.165) is 55.5 Å². The van der Waals surface area contributed by atoms with Crippen molar-refractivity contribution in [2.45, 2.75) is 82.4 Å². The van der Waals surface area contributed by atoms with E-state index in [1.165, 1.54) is 0 Å². The maximum Gasteiger partial charge on any atom is 0.343 e. The first-order valence-electron chi connectivity index (χ1n) is 15.2. The highest BCUT2D eigenvalue weighted by Crippen LogP contribution is 2.46. The quantitative estimate of drug-likeness (QED) is 0.361. The number of anilines is 1. The second kappa shape index (κ2) is 10.2. The molecule has 42 heavy (non-hydrogen) atoms. The van der Waals surface area contributed by atoms with Crippen LogP contribution in [0.1, 0.15) is 63.5 Å². The number of pyridine rings is 1. The highest BCUT2D eigenvalue weighted by Gasteiger charge is 2.60. The number of nitrogens with one attached hydrogen (secondary N) is 1. The number of nitrogens with zero attached hydrogens (tertiary/aromatic N) is 5. The number of halogens is 1. The SMILES string of the molecule is C=C(C)c1ccc(CC)c(-c2ncc3c(N4CC5CCC(C4)N5)nc(OC(O)(O)C45CCCN4CCC5)nc3c2F)c1. The predicted octanol–water partition coefficient (Wildman–Crippen LogP) is 4.01. The monoisotopic (exact) mass is 574 g/mol. The van der Waals surface area contributed by atoms with Crippen LogP contribution in [0.2, 0.25) is 0 Å². The molecule has 3 N–H and O–H groups in total. The van der Waals surface area contributed by atoms with E-state index in [9.17, 15) is 10.2 Å². The first-order valence-corrected chi connectivity index (χ1v) is 15.2. The summed E-state index contributed by atoms with van der Waals surface area (Å²) in [4.78, 5) is 18.1. The molecule has 6 heterocycles. The van der Waals surface area contributed by atoms with Crippen molar-refractivity contribution in [2.24, 2.45) is 0 Å². The predicted molar refractivity (Wildman–Crippen MR) is 160 cm³/mol. The Morgan fingerprint density at radius 1 is 1.17 bits per heavy atom. The van der Waals surface area contributed by atoms with Crippen molar-refractivity contribution >= 4 is 22.3 Å². The molecule has 0 saturated carbocycles. The third kappa shape index (κ3) is 4.38. The molecule has 4 saturated heterocycles. The van der Waals surface area contributed by atoms with Crippen LogP contribution in [0.15, 0.2) is 31.0 Å². The van der Waals surface area contributed by atoms with Gasteiger partial charge in [0.25, 0.3) is 0 Å². The van der Waals surface area contributed by atoms with Crippen LogP contribution in [0.4, 0.5) is 10.2 Å². The van der Waals surface area contributed by atoms with Crippen molar-refractivity contribution in [2.75, 3.05) is 31.1 Å². The number of rotatable bonds is 7. The van der Waals surface area contributed by atoms with Gasteiger partial charge in [-0.1, -0.05) is 31.2 Å². The fourth-order valence-corrected chi connectivity index (χ4v) is 7.70. The van der Waals surface area contributed by atoms with Crippen molar-refractivity contribution < 1.29 is 19.3 Å². The maximum atomic E-state index is 16.6. The van der Waals surface area contributed by atoms with Crippen LogP contribution in [0.25, 0.3) is 27.7 Å². The lowest BCUT2D eigenvalue weighted by atomic mass is 9.91. The summed E-state index contributed by atoms with van der Waals surface area (Å²) in [5.41, 5.74) is 2.75. The third-order valence-electron chi connectivity index (χ3n) is 9.88. The molecule has 9 nitrogen and oxygen atoms in total. The van der Waals surface area contributed by atoms with Crippen LogP contribution in [0.3, 0.4) is 0 Å². The number of aliphatic hydroxyl groups is 2. The Kier molecular flexibility index (Phi) is 6.73. The largest absolute Gasteiger partial charge is 0.404 e. The van der Waals surface area contributed by atoms with Gasteiger partial charge in [0, 0.05) is 36.9 Å². The number of allylic oxidation sites excluding steroid dienone is 1. The summed E-state index contributed by atoms with van der Waals surface area (Å²) in [5.74, 6) is -2.61. The molecule has 0 radical (unpaired) electrons. The first-order chi connectivity index (χ1) is 20.2. The molecule has 2 aromatic heterocycles. The molecule has 0 aliphatic carbocycles. The van der Waals surface area contributed by atoms with Gasteiger partial charge in [0.2, 0.25) is 0 Å². The zero-order valence-corrected chi connectivity index (χ0v) is 24.4. The van der Waals surface area contributed by atoms with Gasteiger partial charge in [-0.3, -0.25) is 9.88 Å². The van der Waals surface area contributed by atoms with Crippen molar-refractivity contribution in [3.8, 4) is 17.3 Å². The van der Waals surface area contributed by atoms with E-state index in [0.29, 0.717) is 61.2 Å². The number of ether oxygens (including phenoxy) is 1. The molecule has 4 fully saturated rings. The molecular weight excluding hydrogens is 535 g/mol. The lowest BCUT2D eigenvalue weighted by molar-refractivity contribution is -0.349. The van der Waals surface area contributed by atoms with Gasteiger partial charge in [-0.15, -0.1) is 0 Å². The van der Waals surface area contributed by atoms with Crippen LogP contribution < -0.4 is 15.0 Å². The third-order valence-corrected chi connectivity index (χ3v) is 9.88. The zero-order valence-electron chi connectivity index (χ0n) is 24.4. The molecule has 2 atom stereocenters. The standard InChI is InChI=1S/C32H39FN6O3/c1-4-20-7-8-21(19(2)3)15-24(20)27-26(33)28-25(16-34-27)29(38-17-22-9-10-23(18-38)35-22)37-30(36-28)42-32(40,41)31-11-5-13-39(31)14-6-12-31/h7-8,15-16,22-23,35,40-41H,2,4-6,9-14,17-18H2,1,3H3. The van der Waals surface area contributed by atoms with Gasteiger partial charge in [0.15, 0.2) is 5.82 Å². The van der Waals surface area contributed by atoms with Crippen LogP contribution in [-0.2, 0) is 6.42 Å². The van der Waals surface area contributed by atoms with Crippen molar-refractivity contribution in [3.05, 3.63) is 47.9 Å². The average molecular weight is 575 g/mol. The zero-order chi connectivity index (χ0) is 29.2. The minimum atomic E-state index is -2.52. The van der Waals surface area contributed by atoms with Gasteiger partial charge in [0.1, 0.15) is 22.6 Å². The molecule has 0 amide bonds. The Hall–Kier alpha value is -3.18. The Morgan fingerprint density at radius 2 is 1.88 bits per heavy atom. The second-order valence-electron chi connectivity index (χ2n) is 12.5. The molecule has 3 aromatic rings. The summed E-state index contributed by atoms with van der Waals surface area (Å²) in [5, 5.41) is 26.9. The number of aryl methyl sites for hydroxylation is 1. The lowest BCUT2D eigenvalue weighted by Gasteiger charge is -2.41. The summed E-state index contributed by atoms with van der Waals surface area (Å²) >= 11 is 0. The second-order valence-corrected chi connectivity index (χ2v) is 12.5. The molecule has 0 spiro atoms. The highest BCUT2D eigenvalue weighted by atomic mass is 19.1. The average Bonchev–Trinajstić information content (AvgIpc) is 3.67. The number of fused-ring (bicyclic) bond motifs is 4. The molecular formula is C32H39FN6O3. The Labute approximate surface area is 245 Å². The van der Waals surface area contributed by atoms with Gasteiger partial charge in [0.05, 0.1) is 5.39 Å². The first kappa shape index (κ1) is 27.6. The van der Waals surface area contributed by atoms with Crippen LogP contribution >= 0.6 is 0 Å². The minimum absolute atomic E-state index is 0.0525. The topological polar surface area (TPSA) is 107 Å². The van der Waals surface area contributed by atoms with E-state index >= 15 is 4.39 Å². The van der Waals surface area contributed by atoms with Gasteiger partial charge in [-0.05, 0) is 82.2 Å². The Balaban J connectivity index is 1.37. The number of hydrogen-bond acceptors (Lipinski definition) is 9. The van der Waals surface area contributed by atoms with Gasteiger partial charge in [-0.25, -0.2) is 4.39 Å². The van der Waals surface area contributed by atoms with Gasteiger partial charge in [-0.2, -0.15) is 9.97 Å². The summed E-state index contributed by atoms with van der Waals surface area (Å²) < 4.78 is 22.6. The Morgan fingerprint density at radius 3 is 2.55 bits per heavy atom. The fourth-order valence-electron chi connectivity index (χ4n) is 7.70. The van der Waals surface area contributed by atoms with Gasteiger partial charge < -0.3 is 25.2 Å². The number of piperazine rings is 1. The number of benzene rings is 1. The molecule has 4 aliphatic rings. The summed E-state index contributed by atoms with van der Waals surface area (Å²) in [6, 6.07) is 6.28. The van der Waals surface area contributed by atoms with E-state index in [2.05, 4.69) is 31.7 Å². The molecule has 2 unspecified atom stereocenters. The van der Waals surface area contributed by atoms with E-state index in [4.69, 9.17) is 9.72 Å². The summed E-state index contributed by atoms with van der Waals surface area (Å²) in [7, 11) is 0. The highest BCUT2D eigenvalue weighted by molar-refractivity contribution is 5.92. The minimum Gasteiger partial charge on any atom is -0.404 e. The normalized spacial score (nSPS) is 23.5. The van der Waals surface area contributed by atoms with E-state index < -0.39 is 17.3 Å². The van der Waals surface area contributed by atoms with E-state index in [-0.39, 0.29) is 17.2 Å². The fraction of sp³-hybridized carbons (Fsp3) is 0.531. The Bertz CT molecular complexity index is 1540. The molecule has 1 aromatic carbocycles. The molecule has 222 valence electrons. The summed E-state index contributed by atoms with van der Waals surface area (Å²) in [6.07, 6.45) is 7.39. The smallest absolute Gasteiger partial charge is 0.343 e. The molecule has 10 heteroatoms.